The van der Waals surface area contributed by atoms with Crippen molar-refractivity contribution in [1.82, 2.24) is 4.98 Å². The van der Waals surface area contributed by atoms with Crippen LogP contribution in [0.2, 0.25) is 0 Å². The lowest BCUT2D eigenvalue weighted by molar-refractivity contribution is 0.668. The third kappa shape index (κ3) is 3.53. The monoisotopic (exact) mass is 541 g/mol. The van der Waals surface area contributed by atoms with E-state index in [0.717, 1.165) is 62.7 Å². The lowest BCUT2D eigenvalue weighted by Gasteiger charge is -2.15. The van der Waals surface area contributed by atoms with Crippen molar-refractivity contribution in [1.29, 1.82) is 0 Å². The number of aliphatic imine (C=N–C) groups is 4. The van der Waals surface area contributed by atoms with E-state index < -0.39 is 0 Å². The largest absolute Gasteiger partial charge is 0.324 e. The molecule has 1 N–H and O–H groups in total. The van der Waals surface area contributed by atoms with Crippen molar-refractivity contribution in [3.8, 4) is 0 Å². The molecule has 1 unspecified atom stereocenters. The minimum Gasteiger partial charge on any atom is -0.324 e. The summed E-state index contributed by atoms with van der Waals surface area (Å²) in [6.45, 7) is 0. The molecule has 0 spiro atoms. The van der Waals surface area contributed by atoms with Crippen LogP contribution in [0.1, 0.15) is 52.3 Å². The van der Waals surface area contributed by atoms with Crippen molar-refractivity contribution in [3.05, 3.63) is 147 Å². The van der Waals surface area contributed by atoms with Gasteiger partial charge in [-0.3, -0.25) is 4.99 Å². The normalized spacial score (nSPS) is 22.3. The van der Waals surface area contributed by atoms with Crippen LogP contribution >= 0.6 is 0 Å². The number of hydrogen-bond acceptors (Lipinski definition) is 6. The summed E-state index contributed by atoms with van der Waals surface area (Å²) in [5.41, 5.74) is 8.42. The Morgan fingerprint density at radius 1 is 0.500 bits per heavy atom. The van der Waals surface area contributed by atoms with Gasteiger partial charge in [-0.2, -0.15) is 0 Å². The van der Waals surface area contributed by atoms with Gasteiger partial charge in [-0.05, 0) is 18.4 Å². The second-order valence-corrected chi connectivity index (χ2v) is 10.7. The van der Waals surface area contributed by atoms with Gasteiger partial charge in [0.2, 0.25) is 0 Å². The smallest absolute Gasteiger partial charge is 0.164 e. The number of aromatic nitrogens is 1. The molecule has 4 aliphatic rings. The first kappa shape index (κ1) is 23.2. The molecule has 1 atom stereocenters. The van der Waals surface area contributed by atoms with Gasteiger partial charge < -0.3 is 4.98 Å². The molecule has 9 rings (SSSR count). The van der Waals surface area contributed by atoms with Crippen molar-refractivity contribution < 1.29 is 0 Å². The molecule has 198 valence electrons. The summed E-state index contributed by atoms with van der Waals surface area (Å²) in [6, 6.07) is 32.9. The predicted molar refractivity (Wildman–Crippen MR) is 166 cm³/mol. The molecule has 1 aromatic heterocycles. The van der Waals surface area contributed by atoms with Crippen LogP contribution in [0.5, 0.6) is 0 Å². The van der Waals surface area contributed by atoms with Crippen molar-refractivity contribution in [3.63, 3.8) is 0 Å². The first-order valence-electron chi connectivity index (χ1n) is 14.2. The Kier molecular flexibility index (Phi) is 4.95. The van der Waals surface area contributed by atoms with Crippen LogP contribution in [0.4, 0.5) is 0 Å². The van der Waals surface area contributed by atoms with Crippen LogP contribution in [-0.4, -0.2) is 28.3 Å². The van der Waals surface area contributed by atoms with E-state index in [2.05, 4.69) is 71.7 Å². The third-order valence-electron chi connectivity index (χ3n) is 8.23. The second kappa shape index (κ2) is 8.97. The van der Waals surface area contributed by atoms with E-state index in [0.29, 0.717) is 34.3 Å². The van der Waals surface area contributed by atoms with Crippen molar-refractivity contribution in [2.45, 2.75) is 18.9 Å². The molecule has 4 heterocycles. The van der Waals surface area contributed by atoms with Crippen LogP contribution in [0.3, 0.4) is 0 Å². The first-order chi connectivity index (χ1) is 20.8. The Bertz CT molecular complexity index is 2260. The molecule has 0 radical (unpaired) electrons. The molecule has 7 nitrogen and oxygen atoms in total. The summed E-state index contributed by atoms with van der Waals surface area (Å²) in [4.78, 5) is 34.1. The van der Waals surface area contributed by atoms with Crippen molar-refractivity contribution >= 4 is 39.8 Å². The highest BCUT2D eigenvalue weighted by atomic mass is 15.1. The number of allylic oxidation sites excluding steroid dienone is 1. The Labute approximate surface area is 240 Å². The molecule has 0 saturated heterocycles. The molecule has 3 aliphatic heterocycles. The van der Waals surface area contributed by atoms with Gasteiger partial charge >= 0.3 is 0 Å². The third-order valence-corrected chi connectivity index (χ3v) is 8.23. The lowest BCUT2D eigenvalue weighted by Crippen LogP contribution is -2.15. The Balaban J connectivity index is 1.39. The van der Waals surface area contributed by atoms with E-state index in [4.69, 9.17) is 30.0 Å². The number of nitrogens with zero attached hydrogens (tertiary/aromatic N) is 6. The number of benzene rings is 4. The molecule has 4 aromatic carbocycles. The van der Waals surface area contributed by atoms with Crippen LogP contribution in [-0.2, 0) is 0 Å². The Hall–Kier alpha value is -5.56. The molecular formula is C35H23N7. The maximum absolute atomic E-state index is 5.28. The van der Waals surface area contributed by atoms with Gasteiger partial charge in [-0.1, -0.05) is 103 Å². The average molecular weight is 542 g/mol. The Morgan fingerprint density at radius 3 is 1.64 bits per heavy atom. The van der Waals surface area contributed by atoms with Gasteiger partial charge in [-0.25, -0.2) is 25.0 Å². The van der Waals surface area contributed by atoms with Gasteiger partial charge in [0.05, 0.1) is 11.7 Å². The highest BCUT2D eigenvalue weighted by Crippen LogP contribution is 2.37. The summed E-state index contributed by atoms with van der Waals surface area (Å²) < 4.78 is 0. The predicted octanol–water partition coefficient (Wildman–Crippen LogP) is 5.71. The molecule has 8 bridgehead atoms. The molecule has 0 saturated carbocycles. The number of rotatable bonds is 0. The molecule has 0 amide bonds. The van der Waals surface area contributed by atoms with Gasteiger partial charge in [0.25, 0.3) is 0 Å². The first-order valence-corrected chi connectivity index (χ1v) is 14.2. The number of fused-ring (bicyclic) bond motifs is 13. The molecule has 7 heteroatoms. The fraction of sp³-hybridized carbons (Fsp3) is 0.0857. The molecular weight excluding hydrogens is 518 g/mol. The lowest BCUT2D eigenvalue weighted by atomic mass is 9.98. The zero-order valence-electron chi connectivity index (χ0n) is 22.5. The van der Waals surface area contributed by atoms with E-state index in [1.165, 1.54) is 0 Å². The number of amidine groups is 4. The van der Waals surface area contributed by atoms with E-state index >= 15 is 0 Å². The average Bonchev–Trinajstić information content (AvgIpc) is 3.64. The highest BCUT2D eigenvalue weighted by Gasteiger charge is 2.27. The maximum atomic E-state index is 5.28. The molecule has 42 heavy (non-hydrogen) atoms. The number of aromatic amines is 1. The van der Waals surface area contributed by atoms with Gasteiger partial charge in [0.1, 0.15) is 11.0 Å². The van der Waals surface area contributed by atoms with E-state index in [-0.39, 0.29) is 6.04 Å². The molecule has 0 fully saturated rings. The summed E-state index contributed by atoms with van der Waals surface area (Å²) in [7, 11) is 0. The van der Waals surface area contributed by atoms with Gasteiger partial charge in [-0.15, -0.1) is 0 Å². The fourth-order valence-corrected chi connectivity index (χ4v) is 6.24. The van der Waals surface area contributed by atoms with E-state index in [9.17, 15) is 0 Å². The number of H-pyrrole nitrogens is 1. The minimum absolute atomic E-state index is 0.0696. The topological polar surface area (TPSA) is 89.9 Å². The van der Waals surface area contributed by atoms with Crippen LogP contribution in [0.25, 0.3) is 16.5 Å². The van der Waals surface area contributed by atoms with E-state index in [1.54, 1.807) is 0 Å². The molecule has 5 aromatic rings. The summed E-state index contributed by atoms with van der Waals surface area (Å²) >= 11 is 0. The Morgan fingerprint density at radius 2 is 1.00 bits per heavy atom. The molecule has 1 aliphatic carbocycles. The zero-order valence-corrected chi connectivity index (χ0v) is 22.5. The summed E-state index contributed by atoms with van der Waals surface area (Å²) in [5.74, 6) is 2.64. The SMILES string of the molecule is C1=C2/N=C3N=C(/N=c4\[nH]/c(c5ccccc45)=N\C4=NC(=N\C(CC1)c1ccccc12)/c1ccccc14)c1ccccc1\3. The van der Waals surface area contributed by atoms with Gasteiger partial charge in [0, 0.05) is 38.6 Å². The second-order valence-electron chi connectivity index (χ2n) is 10.7. The quantitative estimate of drug-likeness (QED) is 0.260. The minimum atomic E-state index is -0.0696. The standard InChI is InChI=1S/C35H23N7/c1-2-11-21-20(10-1)28-18-9-19-29(21)37-31-23-13-4-6-15-25(23)33(39-31)41-35-27-17-8-7-16-26(27)34(42-35)40-32-24-14-5-3-12-22(24)30(36-28)38-32/h1-8,10-18,29H,9,19H2,(H,36,37,38,39,40,41,42). The maximum Gasteiger partial charge on any atom is 0.164 e. The zero-order chi connectivity index (χ0) is 27.6. The highest BCUT2D eigenvalue weighted by molar-refractivity contribution is 6.24. The fourth-order valence-electron chi connectivity index (χ4n) is 6.24. The van der Waals surface area contributed by atoms with Crippen LogP contribution in [0.15, 0.2) is 133 Å². The van der Waals surface area contributed by atoms with Crippen LogP contribution < -0.4 is 11.0 Å². The van der Waals surface area contributed by atoms with E-state index in [1.807, 2.05) is 36.4 Å². The van der Waals surface area contributed by atoms with Crippen LogP contribution in [0, 0.1) is 0 Å². The number of nitrogens with one attached hydrogen (secondary N) is 1. The van der Waals surface area contributed by atoms with Gasteiger partial charge in [0.15, 0.2) is 23.3 Å². The van der Waals surface area contributed by atoms with Crippen molar-refractivity contribution in [2.24, 2.45) is 30.0 Å². The van der Waals surface area contributed by atoms with Crippen molar-refractivity contribution in [2.75, 3.05) is 0 Å². The summed E-state index contributed by atoms with van der Waals surface area (Å²) in [6.07, 6.45) is 3.90. The summed E-state index contributed by atoms with van der Waals surface area (Å²) in [5, 5.41) is 1.94. The number of hydrogen-bond donors (Lipinski definition) is 1.